The second-order valence-corrected chi connectivity index (χ2v) is 5.38. The molecule has 0 N–H and O–H groups in total. The van der Waals surface area contributed by atoms with Crippen molar-refractivity contribution < 1.29 is 18.0 Å². The molecule has 0 amide bonds. The van der Waals surface area contributed by atoms with Gasteiger partial charge in [-0.25, -0.2) is 0 Å². The molecular formula is C14H7Cl3F3N2+. The first-order valence-electron chi connectivity index (χ1n) is 5.85. The Balaban J connectivity index is 2.61. The van der Waals surface area contributed by atoms with Crippen LogP contribution < -0.4 is 0 Å². The van der Waals surface area contributed by atoms with E-state index in [0.717, 1.165) is 0 Å². The monoisotopic (exact) mass is 365 g/mol. The molecule has 0 saturated heterocycles. The Hall–Kier alpha value is -1.52. The van der Waals surface area contributed by atoms with Crippen LogP contribution in [0.3, 0.4) is 0 Å². The van der Waals surface area contributed by atoms with E-state index in [1.807, 2.05) is 0 Å². The molecule has 0 aliphatic heterocycles. The van der Waals surface area contributed by atoms with Gasteiger partial charge in [0.15, 0.2) is 5.69 Å². The Kier molecular flexibility index (Phi) is 5.14. The van der Waals surface area contributed by atoms with E-state index in [0.29, 0.717) is 0 Å². The van der Waals surface area contributed by atoms with Gasteiger partial charge in [0, 0.05) is 5.02 Å². The van der Waals surface area contributed by atoms with Crippen LogP contribution in [0.2, 0.25) is 15.1 Å². The largest absolute Gasteiger partial charge is 0.500 e. The van der Waals surface area contributed by atoms with Crippen LogP contribution in [0.4, 0.5) is 18.9 Å². The molecule has 2 aromatic rings. The number of hydrogen-bond donors (Lipinski definition) is 0. The number of hydrogen-bond acceptors (Lipinski definition) is 1. The molecule has 0 atom stereocenters. The summed E-state index contributed by atoms with van der Waals surface area (Å²) >= 11 is 17.5. The zero-order chi connectivity index (χ0) is 16.3. The summed E-state index contributed by atoms with van der Waals surface area (Å²) in [6.07, 6.45) is -4.67. The van der Waals surface area contributed by atoms with E-state index < -0.39 is 11.9 Å². The summed E-state index contributed by atoms with van der Waals surface area (Å²) in [6.45, 7) is 0. The summed E-state index contributed by atoms with van der Waals surface area (Å²) in [5.41, 5.74) is -1.33. The standard InChI is InChI=1S/C14H7Cl3F3N2/c15-9-6-10(16)12(11(17)7-9)21-22-13(14(18,19)20)8-4-2-1-3-5-8/h1-7H/q+1. The van der Waals surface area contributed by atoms with Crippen molar-refractivity contribution >= 4 is 46.2 Å². The minimum absolute atomic E-state index is 0.0100. The molecule has 2 aromatic carbocycles. The Morgan fingerprint density at radius 1 is 0.955 bits per heavy atom. The van der Waals surface area contributed by atoms with Gasteiger partial charge in [-0.3, -0.25) is 0 Å². The predicted octanol–water partition coefficient (Wildman–Crippen LogP) is 5.99. The Bertz CT molecular complexity index is 729. The maximum Gasteiger partial charge on any atom is 0.500 e. The molecule has 0 aliphatic rings. The fourth-order valence-corrected chi connectivity index (χ4v) is 2.50. The van der Waals surface area contributed by atoms with E-state index in [-0.39, 0.29) is 26.3 Å². The summed E-state index contributed by atoms with van der Waals surface area (Å²) in [6, 6.07) is 9.75. The van der Waals surface area contributed by atoms with Gasteiger partial charge < -0.3 is 0 Å². The molecular weight excluding hydrogens is 360 g/mol. The highest BCUT2D eigenvalue weighted by Crippen LogP contribution is 2.35. The van der Waals surface area contributed by atoms with Crippen molar-refractivity contribution in [2.24, 2.45) is 5.11 Å². The van der Waals surface area contributed by atoms with Gasteiger partial charge in [0.25, 0.3) is 0 Å². The lowest BCUT2D eigenvalue weighted by molar-refractivity contribution is -0.140. The molecule has 0 radical (unpaired) electrons. The fraction of sp³-hybridized carbons (Fsp3) is 0.0714. The molecule has 0 unspecified atom stereocenters. The summed E-state index contributed by atoms with van der Waals surface area (Å²) in [7, 11) is 0. The molecule has 0 saturated carbocycles. The van der Waals surface area contributed by atoms with Gasteiger partial charge in [-0.1, -0.05) is 53.0 Å². The van der Waals surface area contributed by atoms with Gasteiger partial charge in [-0.2, -0.15) is 13.2 Å². The molecule has 0 heterocycles. The van der Waals surface area contributed by atoms with Crippen LogP contribution in [0.15, 0.2) is 47.6 Å². The van der Waals surface area contributed by atoms with Crippen molar-refractivity contribution in [3.8, 4) is 0 Å². The van der Waals surface area contributed by atoms with E-state index in [1.165, 1.54) is 36.4 Å². The smallest absolute Gasteiger partial charge is 0.160 e. The van der Waals surface area contributed by atoms with E-state index in [1.54, 1.807) is 6.07 Å². The van der Waals surface area contributed by atoms with Crippen molar-refractivity contribution in [1.29, 1.82) is 0 Å². The molecule has 0 aliphatic carbocycles. The molecule has 0 fully saturated rings. The van der Waals surface area contributed by atoms with Crippen molar-refractivity contribution in [2.75, 3.05) is 0 Å². The maximum atomic E-state index is 13.1. The van der Waals surface area contributed by atoms with E-state index in [9.17, 15) is 13.2 Å². The first-order chi connectivity index (χ1) is 10.3. The molecule has 0 spiro atoms. The number of benzene rings is 2. The van der Waals surface area contributed by atoms with E-state index in [2.05, 4.69) is 9.90 Å². The van der Waals surface area contributed by atoms with Gasteiger partial charge in [0.1, 0.15) is 5.11 Å². The first-order valence-corrected chi connectivity index (χ1v) is 6.98. The lowest BCUT2D eigenvalue weighted by atomic mass is 10.1. The summed E-state index contributed by atoms with van der Waals surface area (Å²) in [5, 5.41) is 3.80. The average Bonchev–Trinajstić information content (AvgIpc) is 2.41. The minimum Gasteiger partial charge on any atom is -0.160 e. The van der Waals surface area contributed by atoms with Crippen LogP contribution in [-0.2, 0) is 0 Å². The van der Waals surface area contributed by atoms with Gasteiger partial charge in [0.2, 0.25) is 0 Å². The third kappa shape index (κ3) is 4.02. The van der Waals surface area contributed by atoms with Crippen molar-refractivity contribution in [1.82, 2.24) is 0 Å². The highest BCUT2D eigenvalue weighted by molar-refractivity contribution is 6.41. The quantitative estimate of drug-likeness (QED) is 0.354. The van der Waals surface area contributed by atoms with Crippen LogP contribution >= 0.6 is 34.8 Å². The number of alkyl halides is 3. The zero-order valence-electron chi connectivity index (χ0n) is 10.7. The van der Waals surface area contributed by atoms with Gasteiger partial charge in [0.05, 0.1) is 20.4 Å². The van der Waals surface area contributed by atoms with Crippen molar-refractivity contribution in [3.63, 3.8) is 0 Å². The minimum atomic E-state index is -4.67. The molecule has 0 aromatic heterocycles. The van der Waals surface area contributed by atoms with Gasteiger partial charge >= 0.3 is 11.9 Å². The van der Waals surface area contributed by atoms with Crippen LogP contribution in [0, 0.1) is 0 Å². The van der Waals surface area contributed by atoms with Crippen LogP contribution in [0.1, 0.15) is 5.56 Å². The highest BCUT2D eigenvalue weighted by Gasteiger charge is 2.47. The van der Waals surface area contributed by atoms with Crippen LogP contribution in [-0.4, -0.2) is 16.7 Å². The SMILES string of the molecule is FC(F)(F)C(=[N+]=Nc1c(Cl)cc(Cl)cc1Cl)c1ccccc1. The summed E-state index contributed by atoms with van der Waals surface area (Å²) in [5.74, 6) is 0. The lowest BCUT2D eigenvalue weighted by Gasteiger charge is -1.99. The normalized spacial score (nSPS) is 11.0. The van der Waals surface area contributed by atoms with Gasteiger partial charge in [-0.15, -0.1) is 0 Å². The summed E-state index contributed by atoms with van der Waals surface area (Å²) < 4.78 is 39.3. The molecule has 114 valence electrons. The van der Waals surface area contributed by atoms with Crippen molar-refractivity contribution in [2.45, 2.75) is 6.18 Å². The zero-order valence-corrected chi connectivity index (χ0v) is 13.0. The second kappa shape index (κ2) is 6.71. The predicted molar refractivity (Wildman–Crippen MR) is 80.4 cm³/mol. The topological polar surface area (TPSA) is 26.5 Å². The first kappa shape index (κ1) is 16.8. The summed E-state index contributed by atoms with van der Waals surface area (Å²) in [4.78, 5) is 3.29. The highest BCUT2D eigenvalue weighted by atomic mass is 35.5. The molecule has 22 heavy (non-hydrogen) atoms. The second-order valence-electron chi connectivity index (χ2n) is 4.13. The van der Waals surface area contributed by atoms with Crippen molar-refractivity contribution in [3.05, 3.63) is 63.1 Å². The van der Waals surface area contributed by atoms with Gasteiger partial charge in [-0.05, 0) is 24.3 Å². The molecule has 0 bridgehead atoms. The average molecular weight is 367 g/mol. The fourth-order valence-electron chi connectivity index (χ4n) is 1.60. The Morgan fingerprint density at radius 2 is 1.50 bits per heavy atom. The molecule has 8 heteroatoms. The molecule has 2 nitrogen and oxygen atoms in total. The third-order valence-electron chi connectivity index (χ3n) is 2.55. The maximum absolute atomic E-state index is 13.1. The Labute approximate surface area is 138 Å². The number of nitrogens with zero attached hydrogens (tertiary/aromatic N) is 2. The van der Waals surface area contributed by atoms with E-state index >= 15 is 0 Å². The lowest BCUT2D eigenvalue weighted by Crippen LogP contribution is -2.25. The molecule has 2 rings (SSSR count). The Morgan fingerprint density at radius 3 is 2.00 bits per heavy atom. The number of rotatable bonds is 2. The number of halogens is 6. The van der Waals surface area contributed by atoms with E-state index in [4.69, 9.17) is 34.8 Å². The van der Waals surface area contributed by atoms with Crippen LogP contribution in [0.5, 0.6) is 0 Å². The third-order valence-corrected chi connectivity index (χ3v) is 3.34. The van der Waals surface area contributed by atoms with Crippen LogP contribution in [0.25, 0.3) is 0 Å².